The molecule has 5 nitrogen and oxygen atoms in total. The van der Waals surface area contributed by atoms with Gasteiger partial charge < -0.3 is 19.9 Å². The number of hydrogen-bond donors (Lipinski definition) is 2. The Morgan fingerprint density at radius 3 is 2.62 bits per heavy atom. The Hall–Kier alpha value is -3.18. The molecule has 6 heteroatoms. The third kappa shape index (κ3) is 5.21. The van der Waals surface area contributed by atoms with Gasteiger partial charge in [-0.2, -0.15) is 0 Å². The monoisotopic (exact) mass is 411 g/mol. The van der Waals surface area contributed by atoms with Crippen LogP contribution in [0.4, 0.5) is 5.69 Å². The first kappa shape index (κ1) is 20.6. The highest BCUT2D eigenvalue weighted by atomic mass is 35.5. The van der Waals surface area contributed by atoms with Crippen molar-refractivity contribution in [1.29, 1.82) is 0 Å². The number of methoxy groups -OCH3 is 1. The number of carboxylic acid groups (broad SMARTS) is 1. The SMILES string of the molecule is COc1cccc(CNc2cc(C(=O)O)ccc2C)c1OCc1cccc(Cl)c1. The number of aryl methyl sites for hydroxylation is 1. The highest BCUT2D eigenvalue weighted by Gasteiger charge is 2.12. The van der Waals surface area contributed by atoms with Crippen molar-refractivity contribution in [2.75, 3.05) is 12.4 Å². The fourth-order valence-electron chi connectivity index (χ4n) is 2.94. The van der Waals surface area contributed by atoms with Crippen LogP contribution in [-0.4, -0.2) is 18.2 Å². The first-order chi connectivity index (χ1) is 14.0. The molecule has 0 fully saturated rings. The number of carboxylic acids is 1. The number of anilines is 1. The summed E-state index contributed by atoms with van der Waals surface area (Å²) in [7, 11) is 1.60. The molecular formula is C23H22ClNO4. The summed E-state index contributed by atoms with van der Waals surface area (Å²) in [6.07, 6.45) is 0. The molecule has 0 atom stereocenters. The van der Waals surface area contributed by atoms with E-state index in [2.05, 4.69) is 5.32 Å². The van der Waals surface area contributed by atoms with Gasteiger partial charge in [0, 0.05) is 22.8 Å². The zero-order chi connectivity index (χ0) is 20.8. The predicted molar refractivity (Wildman–Crippen MR) is 114 cm³/mol. The van der Waals surface area contributed by atoms with Crippen LogP contribution in [0.1, 0.15) is 27.0 Å². The van der Waals surface area contributed by atoms with Crippen LogP contribution in [0.3, 0.4) is 0 Å². The summed E-state index contributed by atoms with van der Waals surface area (Å²) in [6, 6.07) is 18.2. The van der Waals surface area contributed by atoms with E-state index in [0.29, 0.717) is 29.7 Å². The summed E-state index contributed by atoms with van der Waals surface area (Å²) in [4.78, 5) is 11.2. The van der Waals surface area contributed by atoms with Crippen LogP contribution in [0.15, 0.2) is 60.7 Å². The Kier molecular flexibility index (Phi) is 6.62. The molecule has 2 N–H and O–H groups in total. The van der Waals surface area contributed by atoms with Crippen molar-refractivity contribution < 1.29 is 19.4 Å². The molecule has 0 heterocycles. The highest BCUT2D eigenvalue weighted by molar-refractivity contribution is 6.30. The van der Waals surface area contributed by atoms with Crippen molar-refractivity contribution in [2.24, 2.45) is 0 Å². The lowest BCUT2D eigenvalue weighted by atomic mass is 10.1. The molecule has 0 unspecified atom stereocenters. The third-order valence-electron chi connectivity index (χ3n) is 4.51. The van der Waals surface area contributed by atoms with Crippen LogP contribution in [0.5, 0.6) is 11.5 Å². The quantitative estimate of drug-likeness (QED) is 0.509. The number of rotatable bonds is 8. The van der Waals surface area contributed by atoms with E-state index < -0.39 is 5.97 Å². The number of ether oxygens (including phenoxy) is 2. The predicted octanol–water partition coefficient (Wildman–Crippen LogP) is 5.55. The van der Waals surface area contributed by atoms with Crippen molar-refractivity contribution in [2.45, 2.75) is 20.1 Å². The van der Waals surface area contributed by atoms with Gasteiger partial charge in [-0.25, -0.2) is 4.79 Å². The molecule has 0 amide bonds. The van der Waals surface area contributed by atoms with Crippen molar-refractivity contribution in [3.63, 3.8) is 0 Å². The first-order valence-corrected chi connectivity index (χ1v) is 9.46. The van der Waals surface area contributed by atoms with Crippen LogP contribution in [0.25, 0.3) is 0 Å². The van der Waals surface area contributed by atoms with E-state index in [9.17, 15) is 9.90 Å². The molecule has 0 spiro atoms. The largest absolute Gasteiger partial charge is 0.493 e. The van der Waals surface area contributed by atoms with Gasteiger partial charge in [-0.3, -0.25) is 0 Å². The van der Waals surface area contributed by atoms with Crippen LogP contribution in [0.2, 0.25) is 5.02 Å². The van der Waals surface area contributed by atoms with Gasteiger partial charge >= 0.3 is 5.97 Å². The van der Waals surface area contributed by atoms with Crippen LogP contribution in [0, 0.1) is 6.92 Å². The zero-order valence-corrected chi connectivity index (χ0v) is 17.0. The minimum Gasteiger partial charge on any atom is -0.493 e. The molecule has 0 aliphatic heterocycles. The molecule has 3 aromatic rings. The standard InChI is InChI=1S/C23H22ClNO4/c1-15-9-10-17(23(26)27)12-20(15)25-13-18-6-4-8-21(28-2)22(18)29-14-16-5-3-7-19(24)11-16/h3-12,25H,13-14H2,1-2H3,(H,26,27). The molecule has 0 aliphatic carbocycles. The first-order valence-electron chi connectivity index (χ1n) is 9.09. The van der Waals surface area contributed by atoms with Gasteiger partial charge in [-0.1, -0.05) is 41.9 Å². The summed E-state index contributed by atoms with van der Waals surface area (Å²) in [5.41, 5.74) is 3.80. The average molecular weight is 412 g/mol. The van der Waals surface area contributed by atoms with Crippen molar-refractivity contribution >= 4 is 23.3 Å². The molecular weight excluding hydrogens is 390 g/mol. The van der Waals surface area contributed by atoms with Gasteiger partial charge in [-0.15, -0.1) is 0 Å². The topological polar surface area (TPSA) is 67.8 Å². The normalized spacial score (nSPS) is 10.4. The molecule has 3 rings (SSSR count). The molecule has 0 saturated heterocycles. The van der Waals surface area contributed by atoms with Gasteiger partial charge in [0.2, 0.25) is 0 Å². The second-order valence-corrected chi connectivity index (χ2v) is 6.99. The third-order valence-corrected chi connectivity index (χ3v) is 4.74. The Morgan fingerprint density at radius 1 is 1.10 bits per heavy atom. The molecule has 0 aliphatic rings. The fraction of sp³-hybridized carbons (Fsp3) is 0.174. The number of aromatic carboxylic acids is 1. The number of carbonyl (C=O) groups is 1. The maximum absolute atomic E-state index is 11.2. The van der Waals surface area contributed by atoms with Gasteiger partial charge in [-0.05, 0) is 48.4 Å². The van der Waals surface area contributed by atoms with E-state index in [0.717, 1.165) is 22.4 Å². The molecule has 29 heavy (non-hydrogen) atoms. The zero-order valence-electron chi connectivity index (χ0n) is 16.2. The lowest BCUT2D eigenvalue weighted by Crippen LogP contribution is -2.07. The maximum Gasteiger partial charge on any atom is 0.335 e. The Balaban J connectivity index is 1.81. The average Bonchev–Trinajstić information content (AvgIpc) is 2.71. The number of nitrogens with one attached hydrogen (secondary N) is 1. The summed E-state index contributed by atoms with van der Waals surface area (Å²) < 4.78 is 11.5. The highest BCUT2D eigenvalue weighted by Crippen LogP contribution is 2.33. The van der Waals surface area contributed by atoms with E-state index >= 15 is 0 Å². The van der Waals surface area contributed by atoms with E-state index in [1.807, 2.05) is 49.4 Å². The lowest BCUT2D eigenvalue weighted by molar-refractivity contribution is 0.0697. The van der Waals surface area contributed by atoms with E-state index in [1.54, 1.807) is 25.3 Å². The van der Waals surface area contributed by atoms with Crippen molar-refractivity contribution in [1.82, 2.24) is 0 Å². The van der Waals surface area contributed by atoms with Crippen LogP contribution >= 0.6 is 11.6 Å². The van der Waals surface area contributed by atoms with Crippen LogP contribution in [-0.2, 0) is 13.2 Å². The fourth-order valence-corrected chi connectivity index (χ4v) is 3.16. The van der Waals surface area contributed by atoms with E-state index in [1.165, 1.54) is 0 Å². The number of para-hydroxylation sites is 1. The Bertz CT molecular complexity index is 1020. The van der Waals surface area contributed by atoms with Crippen molar-refractivity contribution in [3.8, 4) is 11.5 Å². The summed E-state index contributed by atoms with van der Waals surface area (Å²) >= 11 is 6.05. The summed E-state index contributed by atoms with van der Waals surface area (Å²) in [6.45, 7) is 2.73. The molecule has 0 radical (unpaired) electrons. The van der Waals surface area contributed by atoms with Gasteiger partial charge in [0.05, 0.1) is 12.7 Å². The molecule has 3 aromatic carbocycles. The van der Waals surface area contributed by atoms with E-state index in [-0.39, 0.29) is 5.56 Å². The van der Waals surface area contributed by atoms with Gasteiger partial charge in [0.15, 0.2) is 11.5 Å². The Morgan fingerprint density at radius 2 is 1.90 bits per heavy atom. The minimum absolute atomic E-state index is 0.237. The molecule has 0 bridgehead atoms. The molecule has 150 valence electrons. The maximum atomic E-state index is 11.2. The van der Waals surface area contributed by atoms with Gasteiger partial charge in [0.25, 0.3) is 0 Å². The molecule has 0 aromatic heterocycles. The lowest BCUT2D eigenvalue weighted by Gasteiger charge is -2.17. The minimum atomic E-state index is -0.958. The number of hydrogen-bond acceptors (Lipinski definition) is 4. The Labute approximate surface area is 174 Å². The smallest absolute Gasteiger partial charge is 0.335 e. The second kappa shape index (κ2) is 9.34. The number of benzene rings is 3. The molecule has 0 saturated carbocycles. The van der Waals surface area contributed by atoms with Crippen molar-refractivity contribution in [3.05, 3.63) is 87.9 Å². The second-order valence-electron chi connectivity index (χ2n) is 6.56. The summed E-state index contributed by atoms with van der Waals surface area (Å²) in [5, 5.41) is 13.2. The summed E-state index contributed by atoms with van der Waals surface area (Å²) in [5.74, 6) is 0.303. The van der Waals surface area contributed by atoms with Gasteiger partial charge in [0.1, 0.15) is 6.61 Å². The van der Waals surface area contributed by atoms with Crippen LogP contribution < -0.4 is 14.8 Å². The number of halogens is 1. The van der Waals surface area contributed by atoms with E-state index in [4.69, 9.17) is 21.1 Å².